The Morgan fingerprint density at radius 1 is 1.12 bits per heavy atom. The first-order valence-corrected chi connectivity index (χ1v) is 12.4. The van der Waals surface area contributed by atoms with Gasteiger partial charge in [0.15, 0.2) is 0 Å². The summed E-state index contributed by atoms with van der Waals surface area (Å²) in [7, 11) is -3.98. The molecule has 0 radical (unpaired) electrons. The number of sulfonamides is 1. The van der Waals surface area contributed by atoms with E-state index in [9.17, 15) is 26.4 Å². The first-order valence-electron chi connectivity index (χ1n) is 11.0. The molecule has 1 amide bonds. The molecule has 7 nitrogen and oxygen atoms in total. The van der Waals surface area contributed by atoms with Crippen LogP contribution in [0.2, 0.25) is 0 Å². The molecular weight excluding hydrogens is 447 g/mol. The van der Waals surface area contributed by atoms with Gasteiger partial charge in [0.25, 0.3) is 0 Å². The maximum Gasteiger partial charge on any atom is 0.573 e. The quantitative estimate of drug-likeness (QED) is 0.653. The number of hydrogen-bond donors (Lipinski definition) is 1. The van der Waals surface area contributed by atoms with Crippen molar-refractivity contribution in [2.45, 2.75) is 56.3 Å². The van der Waals surface area contributed by atoms with Gasteiger partial charge in [-0.3, -0.25) is 4.79 Å². The highest BCUT2D eigenvalue weighted by Crippen LogP contribution is 2.28. The van der Waals surface area contributed by atoms with Crippen LogP contribution in [0.25, 0.3) is 0 Å². The topological polar surface area (TPSA) is 79.0 Å². The second kappa shape index (κ2) is 10.4. The predicted molar refractivity (Wildman–Crippen MR) is 113 cm³/mol. The number of carbonyl (C=O) groups is 1. The van der Waals surface area contributed by atoms with Crippen molar-refractivity contribution < 1.29 is 31.1 Å². The van der Waals surface area contributed by atoms with Gasteiger partial charge in [-0.15, -0.1) is 13.2 Å². The molecular formula is C21H30F3N3O4S. The summed E-state index contributed by atoms with van der Waals surface area (Å²) in [5.74, 6) is -0.899. The number of carbonyl (C=O) groups excluding carboxylic acids is 1. The fourth-order valence-corrected chi connectivity index (χ4v) is 5.78. The smallest absolute Gasteiger partial charge is 0.406 e. The number of likely N-dealkylation sites (tertiary alicyclic amines) is 1. The van der Waals surface area contributed by atoms with Gasteiger partial charge in [0.05, 0.1) is 4.90 Å². The monoisotopic (exact) mass is 477 g/mol. The largest absolute Gasteiger partial charge is 0.573 e. The molecule has 1 N–H and O–H groups in total. The second-order valence-corrected chi connectivity index (χ2v) is 10.3. The van der Waals surface area contributed by atoms with Crippen LogP contribution in [0.1, 0.15) is 39.0 Å². The van der Waals surface area contributed by atoms with Gasteiger partial charge in [-0.1, -0.05) is 13.0 Å². The van der Waals surface area contributed by atoms with Crippen molar-refractivity contribution in [3.63, 3.8) is 0 Å². The highest BCUT2D eigenvalue weighted by atomic mass is 32.2. The molecule has 2 saturated heterocycles. The maximum absolute atomic E-state index is 12.9. The van der Waals surface area contributed by atoms with Crippen molar-refractivity contribution in [3.8, 4) is 5.75 Å². The standard InChI is InChI=1S/C21H30F3N3O4S/c1-2-10-26-11-8-17(9-12-26)25-20(28)16-6-13-27(14-7-16)32(29,30)19-5-3-4-18(15-19)31-21(22,23)24/h3-5,15-17H,2,6-14H2,1H3,(H,25,28). The number of hydrogen-bond acceptors (Lipinski definition) is 5. The summed E-state index contributed by atoms with van der Waals surface area (Å²) in [6.07, 6.45) is -1.22. The minimum absolute atomic E-state index is 0.0448. The number of benzene rings is 1. The van der Waals surface area contributed by atoms with Gasteiger partial charge >= 0.3 is 6.36 Å². The molecule has 0 unspecified atom stereocenters. The molecule has 0 spiro atoms. The predicted octanol–water partition coefficient (Wildman–Crippen LogP) is 2.98. The minimum Gasteiger partial charge on any atom is -0.406 e. The second-order valence-electron chi connectivity index (χ2n) is 8.33. The van der Waals surface area contributed by atoms with Crippen LogP contribution < -0.4 is 10.1 Å². The highest BCUT2D eigenvalue weighted by molar-refractivity contribution is 7.89. The van der Waals surface area contributed by atoms with Crippen molar-refractivity contribution >= 4 is 15.9 Å². The third-order valence-corrected chi connectivity index (χ3v) is 7.87. The van der Waals surface area contributed by atoms with E-state index in [2.05, 4.69) is 21.9 Å². The maximum atomic E-state index is 12.9. The summed E-state index contributed by atoms with van der Waals surface area (Å²) >= 11 is 0. The Bertz CT molecular complexity index is 879. The molecule has 0 saturated carbocycles. The number of ether oxygens (including phenoxy) is 1. The van der Waals surface area contributed by atoms with E-state index in [0.717, 1.165) is 51.0 Å². The Hall–Kier alpha value is -1.85. The van der Waals surface area contributed by atoms with E-state index < -0.39 is 22.1 Å². The van der Waals surface area contributed by atoms with Crippen LogP contribution in [0.15, 0.2) is 29.2 Å². The van der Waals surface area contributed by atoms with Crippen molar-refractivity contribution in [2.24, 2.45) is 5.92 Å². The highest BCUT2D eigenvalue weighted by Gasteiger charge is 2.35. The first-order chi connectivity index (χ1) is 15.1. The number of halogens is 3. The molecule has 32 heavy (non-hydrogen) atoms. The molecule has 0 bridgehead atoms. The third kappa shape index (κ3) is 6.58. The van der Waals surface area contributed by atoms with E-state index in [1.165, 1.54) is 16.4 Å². The number of alkyl halides is 3. The van der Waals surface area contributed by atoms with Crippen LogP contribution in [0.3, 0.4) is 0 Å². The zero-order chi connectivity index (χ0) is 23.4. The molecule has 1 aromatic rings. The fraction of sp³-hybridized carbons (Fsp3) is 0.667. The summed E-state index contributed by atoms with van der Waals surface area (Å²) in [6.45, 7) is 5.42. The van der Waals surface area contributed by atoms with Crippen molar-refractivity contribution in [1.82, 2.24) is 14.5 Å². The van der Waals surface area contributed by atoms with Crippen LogP contribution in [0, 0.1) is 5.92 Å². The molecule has 2 fully saturated rings. The summed E-state index contributed by atoms with van der Waals surface area (Å²) in [5.41, 5.74) is 0. The number of rotatable bonds is 7. The van der Waals surface area contributed by atoms with Gasteiger partial charge in [-0.2, -0.15) is 4.31 Å². The molecule has 11 heteroatoms. The lowest BCUT2D eigenvalue weighted by molar-refractivity contribution is -0.274. The van der Waals surface area contributed by atoms with Crippen LogP contribution in [0.4, 0.5) is 13.2 Å². The molecule has 2 heterocycles. The molecule has 3 rings (SSSR count). The van der Waals surface area contributed by atoms with E-state index in [4.69, 9.17) is 0 Å². The third-order valence-electron chi connectivity index (χ3n) is 5.98. The lowest BCUT2D eigenvalue weighted by atomic mass is 9.96. The van der Waals surface area contributed by atoms with Crippen LogP contribution in [-0.4, -0.2) is 68.7 Å². The number of amides is 1. The molecule has 0 aromatic heterocycles. The zero-order valence-corrected chi connectivity index (χ0v) is 18.9. The number of nitrogens with zero attached hydrogens (tertiary/aromatic N) is 2. The average molecular weight is 478 g/mol. The Kier molecular flexibility index (Phi) is 8.05. The van der Waals surface area contributed by atoms with Gasteiger partial charge in [0.2, 0.25) is 15.9 Å². The van der Waals surface area contributed by atoms with Gasteiger partial charge < -0.3 is 15.0 Å². The van der Waals surface area contributed by atoms with Gasteiger partial charge in [-0.25, -0.2) is 8.42 Å². The average Bonchev–Trinajstić information content (AvgIpc) is 2.74. The molecule has 2 aliphatic heterocycles. The van der Waals surface area contributed by atoms with Crippen LogP contribution in [0.5, 0.6) is 5.75 Å². The first kappa shape index (κ1) is 24.8. The van der Waals surface area contributed by atoms with Gasteiger partial charge in [0, 0.05) is 44.2 Å². The Morgan fingerprint density at radius 3 is 2.38 bits per heavy atom. The zero-order valence-electron chi connectivity index (χ0n) is 18.1. The molecule has 0 atom stereocenters. The molecule has 0 aliphatic carbocycles. The SMILES string of the molecule is CCCN1CCC(NC(=O)C2CCN(S(=O)(=O)c3cccc(OC(F)(F)F)c3)CC2)CC1. The fourth-order valence-electron chi connectivity index (χ4n) is 4.28. The lowest BCUT2D eigenvalue weighted by Crippen LogP contribution is -2.48. The summed E-state index contributed by atoms with van der Waals surface area (Å²) in [5, 5.41) is 3.11. The Labute approximate surface area is 186 Å². The lowest BCUT2D eigenvalue weighted by Gasteiger charge is -2.34. The van der Waals surface area contributed by atoms with Crippen molar-refractivity contribution in [2.75, 3.05) is 32.7 Å². The van der Waals surface area contributed by atoms with Gasteiger partial charge in [0.1, 0.15) is 5.75 Å². The van der Waals surface area contributed by atoms with E-state index >= 15 is 0 Å². The Morgan fingerprint density at radius 2 is 1.78 bits per heavy atom. The van der Waals surface area contributed by atoms with E-state index in [1.807, 2.05) is 0 Å². The Balaban J connectivity index is 1.52. The van der Waals surface area contributed by atoms with Gasteiger partial charge in [-0.05, 0) is 50.8 Å². The van der Waals surface area contributed by atoms with Crippen molar-refractivity contribution in [1.29, 1.82) is 0 Å². The minimum atomic E-state index is -4.90. The number of nitrogens with one attached hydrogen (secondary N) is 1. The molecule has 180 valence electrons. The number of piperidine rings is 2. The normalized spacial score (nSPS) is 20.2. The van der Waals surface area contributed by atoms with E-state index in [-0.39, 0.29) is 35.9 Å². The van der Waals surface area contributed by atoms with Crippen LogP contribution in [-0.2, 0) is 14.8 Å². The van der Waals surface area contributed by atoms with Crippen molar-refractivity contribution in [3.05, 3.63) is 24.3 Å². The van der Waals surface area contributed by atoms with E-state index in [0.29, 0.717) is 12.8 Å². The van der Waals surface area contributed by atoms with E-state index in [1.54, 1.807) is 0 Å². The molecule has 2 aliphatic rings. The van der Waals surface area contributed by atoms with Crippen LogP contribution >= 0.6 is 0 Å². The summed E-state index contributed by atoms with van der Waals surface area (Å²) in [6, 6.07) is 4.51. The molecule has 1 aromatic carbocycles. The summed E-state index contributed by atoms with van der Waals surface area (Å²) < 4.78 is 68.1. The summed E-state index contributed by atoms with van der Waals surface area (Å²) in [4.78, 5) is 14.8.